The van der Waals surface area contributed by atoms with Gasteiger partial charge in [-0.05, 0) is 44.0 Å². The van der Waals surface area contributed by atoms with Gasteiger partial charge in [0, 0.05) is 17.6 Å². The molecule has 0 bridgehead atoms. The molecule has 24 heavy (non-hydrogen) atoms. The van der Waals surface area contributed by atoms with E-state index in [1.807, 2.05) is 19.1 Å². The van der Waals surface area contributed by atoms with Gasteiger partial charge in [-0.25, -0.2) is 8.42 Å². The van der Waals surface area contributed by atoms with E-state index in [0.717, 1.165) is 17.7 Å². The second-order valence-electron chi connectivity index (χ2n) is 7.19. The Labute approximate surface area is 143 Å². The number of aryl methyl sites for hydroxylation is 2. The number of nitrogens with zero attached hydrogens (tertiary/aromatic N) is 1. The quantitative estimate of drug-likeness (QED) is 0.910. The summed E-state index contributed by atoms with van der Waals surface area (Å²) in [7, 11) is -3.50. The molecule has 0 amide bonds. The van der Waals surface area contributed by atoms with E-state index in [1.54, 1.807) is 16.4 Å². The van der Waals surface area contributed by atoms with Crippen LogP contribution in [0.25, 0.3) is 0 Å². The van der Waals surface area contributed by atoms with Crippen molar-refractivity contribution in [1.82, 2.24) is 4.31 Å². The molecule has 126 valence electrons. The highest BCUT2D eigenvalue weighted by Crippen LogP contribution is 2.50. The second kappa shape index (κ2) is 5.07. The number of nitrogens with one attached hydrogen (secondary N) is 1. The first-order valence-corrected chi connectivity index (χ1v) is 9.72. The fourth-order valence-corrected chi connectivity index (χ4v) is 5.59. The van der Waals surface area contributed by atoms with Crippen LogP contribution in [-0.2, 0) is 15.4 Å². The molecule has 0 unspecified atom stereocenters. The molecule has 1 saturated heterocycles. The van der Waals surface area contributed by atoms with Crippen molar-refractivity contribution in [2.24, 2.45) is 0 Å². The molecule has 4 nitrogen and oxygen atoms in total. The van der Waals surface area contributed by atoms with Crippen molar-refractivity contribution in [2.45, 2.75) is 43.7 Å². The normalized spacial score (nSPS) is 26.0. The van der Waals surface area contributed by atoms with Crippen molar-refractivity contribution in [3.8, 4) is 0 Å². The topological polar surface area (TPSA) is 49.4 Å². The third-order valence-electron chi connectivity index (χ3n) is 5.45. The summed E-state index contributed by atoms with van der Waals surface area (Å²) in [5.74, 6) is 0. The van der Waals surface area contributed by atoms with Gasteiger partial charge in [-0.3, -0.25) is 0 Å². The van der Waals surface area contributed by atoms with Gasteiger partial charge in [0.1, 0.15) is 6.17 Å². The Morgan fingerprint density at radius 1 is 1.08 bits per heavy atom. The Kier molecular flexibility index (Phi) is 3.31. The molecule has 2 aliphatic rings. The van der Waals surface area contributed by atoms with Crippen LogP contribution in [0.5, 0.6) is 0 Å². The van der Waals surface area contributed by atoms with Crippen molar-refractivity contribution >= 4 is 15.7 Å². The predicted molar refractivity (Wildman–Crippen MR) is 95.6 cm³/mol. The van der Waals surface area contributed by atoms with Gasteiger partial charge in [-0.1, -0.05) is 42.3 Å². The van der Waals surface area contributed by atoms with Gasteiger partial charge < -0.3 is 5.32 Å². The van der Waals surface area contributed by atoms with E-state index < -0.39 is 10.0 Å². The monoisotopic (exact) mass is 342 g/mol. The van der Waals surface area contributed by atoms with Gasteiger partial charge in [0.05, 0.1) is 4.90 Å². The molecule has 1 fully saturated rings. The molecule has 0 spiro atoms. The van der Waals surface area contributed by atoms with Crippen LogP contribution in [-0.4, -0.2) is 25.4 Å². The molecule has 2 atom stereocenters. The summed E-state index contributed by atoms with van der Waals surface area (Å²) in [4.78, 5) is 0.367. The van der Waals surface area contributed by atoms with E-state index in [2.05, 4.69) is 37.4 Å². The largest absolute Gasteiger partial charge is 0.368 e. The standard InChI is InChI=1S/C19H22N2O2S/c1-13-4-7-15(8-5-13)24(22,23)21-11-10-19(3)16-12-14(2)6-9-17(16)20-18(19)21/h4-9,12,18,20H,10-11H2,1-3H3/t18-,19-/m0/s1. The van der Waals surface area contributed by atoms with Gasteiger partial charge in [-0.15, -0.1) is 0 Å². The molecule has 2 aromatic carbocycles. The number of hydrogen-bond acceptors (Lipinski definition) is 3. The van der Waals surface area contributed by atoms with Crippen LogP contribution in [0.15, 0.2) is 47.4 Å². The van der Waals surface area contributed by atoms with Crippen LogP contribution < -0.4 is 5.32 Å². The summed E-state index contributed by atoms with van der Waals surface area (Å²) in [5, 5.41) is 3.45. The van der Waals surface area contributed by atoms with Crippen molar-refractivity contribution in [2.75, 3.05) is 11.9 Å². The van der Waals surface area contributed by atoms with E-state index in [4.69, 9.17) is 0 Å². The van der Waals surface area contributed by atoms with Crippen LogP contribution in [0, 0.1) is 13.8 Å². The molecule has 0 aromatic heterocycles. The number of anilines is 1. The van der Waals surface area contributed by atoms with E-state index >= 15 is 0 Å². The molecule has 2 aliphatic heterocycles. The van der Waals surface area contributed by atoms with Crippen LogP contribution >= 0.6 is 0 Å². The molecule has 0 saturated carbocycles. The van der Waals surface area contributed by atoms with Gasteiger partial charge in [0.15, 0.2) is 0 Å². The van der Waals surface area contributed by atoms with Crippen LogP contribution in [0.1, 0.15) is 30.0 Å². The number of sulfonamides is 1. The van der Waals surface area contributed by atoms with Crippen molar-refractivity contribution < 1.29 is 8.42 Å². The van der Waals surface area contributed by atoms with Crippen molar-refractivity contribution in [1.29, 1.82) is 0 Å². The van der Waals surface area contributed by atoms with E-state index in [1.165, 1.54) is 11.1 Å². The van der Waals surface area contributed by atoms with Gasteiger partial charge in [-0.2, -0.15) is 4.31 Å². The van der Waals surface area contributed by atoms with E-state index in [0.29, 0.717) is 11.4 Å². The van der Waals surface area contributed by atoms with E-state index in [-0.39, 0.29) is 11.6 Å². The summed E-state index contributed by atoms with van der Waals surface area (Å²) in [5.41, 5.74) is 4.37. The van der Waals surface area contributed by atoms with Crippen LogP contribution in [0.4, 0.5) is 5.69 Å². The first kappa shape index (κ1) is 15.7. The lowest BCUT2D eigenvalue weighted by atomic mass is 9.81. The van der Waals surface area contributed by atoms with Gasteiger partial charge in [0.2, 0.25) is 10.0 Å². The third-order valence-corrected chi connectivity index (χ3v) is 7.33. The molecule has 4 rings (SSSR count). The number of benzene rings is 2. The highest BCUT2D eigenvalue weighted by molar-refractivity contribution is 7.89. The first-order chi connectivity index (χ1) is 11.3. The highest BCUT2D eigenvalue weighted by Gasteiger charge is 2.54. The minimum Gasteiger partial charge on any atom is -0.368 e. The Bertz CT molecular complexity index is 905. The predicted octanol–water partition coefficient (Wildman–Crippen LogP) is 3.41. The fourth-order valence-electron chi connectivity index (χ4n) is 3.95. The maximum atomic E-state index is 13.1. The first-order valence-electron chi connectivity index (χ1n) is 8.28. The number of hydrogen-bond donors (Lipinski definition) is 1. The lowest BCUT2D eigenvalue weighted by Crippen LogP contribution is -2.44. The zero-order chi connectivity index (χ0) is 17.1. The summed E-state index contributed by atoms with van der Waals surface area (Å²) < 4.78 is 27.9. The number of rotatable bonds is 2. The molecule has 0 aliphatic carbocycles. The molecule has 1 N–H and O–H groups in total. The molecule has 0 radical (unpaired) electrons. The molecular formula is C19H22N2O2S. The zero-order valence-electron chi connectivity index (χ0n) is 14.2. The summed E-state index contributed by atoms with van der Waals surface area (Å²) >= 11 is 0. The average molecular weight is 342 g/mol. The zero-order valence-corrected chi connectivity index (χ0v) is 15.0. The Hall–Kier alpha value is -1.85. The molecule has 5 heteroatoms. The van der Waals surface area contributed by atoms with Crippen molar-refractivity contribution in [3.63, 3.8) is 0 Å². The highest BCUT2D eigenvalue weighted by atomic mass is 32.2. The maximum absolute atomic E-state index is 13.1. The average Bonchev–Trinajstić information content (AvgIpc) is 3.00. The maximum Gasteiger partial charge on any atom is 0.244 e. The lowest BCUT2D eigenvalue weighted by molar-refractivity contribution is 0.361. The molecular weight excluding hydrogens is 320 g/mol. The Morgan fingerprint density at radius 3 is 2.46 bits per heavy atom. The number of fused-ring (bicyclic) bond motifs is 3. The molecule has 2 heterocycles. The minimum atomic E-state index is -3.50. The van der Waals surface area contributed by atoms with Gasteiger partial charge >= 0.3 is 0 Å². The van der Waals surface area contributed by atoms with Gasteiger partial charge in [0.25, 0.3) is 0 Å². The third kappa shape index (κ3) is 2.11. The van der Waals surface area contributed by atoms with E-state index in [9.17, 15) is 8.42 Å². The van der Waals surface area contributed by atoms with Crippen molar-refractivity contribution in [3.05, 3.63) is 59.2 Å². The Morgan fingerprint density at radius 2 is 1.75 bits per heavy atom. The summed E-state index contributed by atoms with van der Waals surface area (Å²) in [6, 6.07) is 13.4. The fraction of sp³-hybridized carbons (Fsp3) is 0.368. The summed E-state index contributed by atoms with van der Waals surface area (Å²) in [6.45, 7) is 6.74. The minimum absolute atomic E-state index is 0.181. The molecule has 2 aromatic rings. The summed E-state index contributed by atoms with van der Waals surface area (Å²) in [6.07, 6.45) is 0.604. The lowest BCUT2D eigenvalue weighted by Gasteiger charge is -2.29. The second-order valence-corrected chi connectivity index (χ2v) is 9.08. The SMILES string of the molecule is Cc1ccc(S(=O)(=O)N2CC[C@@]3(C)c4cc(C)ccc4N[C@@H]23)cc1. The Balaban J connectivity index is 1.75. The van der Waals surface area contributed by atoms with Crippen LogP contribution in [0.3, 0.4) is 0 Å². The van der Waals surface area contributed by atoms with Crippen LogP contribution in [0.2, 0.25) is 0 Å². The smallest absolute Gasteiger partial charge is 0.244 e.